The number of rotatable bonds is 2. The zero-order valence-electron chi connectivity index (χ0n) is 9.56. The Morgan fingerprint density at radius 3 is 2.53 bits per heavy atom. The van der Waals surface area contributed by atoms with Crippen LogP contribution in [-0.4, -0.2) is 35.1 Å². The summed E-state index contributed by atoms with van der Waals surface area (Å²) in [4.78, 5) is 13.3. The average molecular weight is 235 g/mol. The van der Waals surface area contributed by atoms with Crippen LogP contribution in [0.2, 0.25) is 0 Å². The standard InChI is InChI=1S/C13H14FNO2/c1-9(10-2-4-11(14)5-3-10)6-13(17)15-7-12(16)8-15/h2-6,12,16H,7-8H2,1H3/b9-6-. The van der Waals surface area contributed by atoms with Crippen molar-refractivity contribution in [1.82, 2.24) is 4.90 Å². The molecule has 1 aliphatic heterocycles. The van der Waals surface area contributed by atoms with E-state index in [0.717, 1.165) is 11.1 Å². The summed E-state index contributed by atoms with van der Waals surface area (Å²) in [5, 5.41) is 9.09. The Morgan fingerprint density at radius 2 is 2.00 bits per heavy atom. The molecule has 90 valence electrons. The highest BCUT2D eigenvalue weighted by atomic mass is 19.1. The van der Waals surface area contributed by atoms with E-state index in [4.69, 9.17) is 5.11 Å². The highest BCUT2D eigenvalue weighted by molar-refractivity contribution is 5.95. The molecular weight excluding hydrogens is 221 g/mol. The Hall–Kier alpha value is -1.68. The monoisotopic (exact) mass is 235 g/mol. The highest BCUT2D eigenvalue weighted by Crippen LogP contribution is 2.16. The maximum Gasteiger partial charge on any atom is 0.247 e. The molecule has 1 aromatic carbocycles. The first kappa shape index (κ1) is 11.8. The highest BCUT2D eigenvalue weighted by Gasteiger charge is 2.27. The summed E-state index contributed by atoms with van der Waals surface area (Å²) in [5.41, 5.74) is 1.61. The molecule has 2 rings (SSSR count). The number of β-amino-alcohol motifs (C(OH)–C–C–N with tert-alkyl or cyclic N) is 1. The van der Waals surface area contributed by atoms with Gasteiger partial charge in [-0.05, 0) is 30.2 Å². The second-order valence-electron chi connectivity index (χ2n) is 4.23. The third-order valence-corrected chi connectivity index (χ3v) is 2.81. The van der Waals surface area contributed by atoms with E-state index < -0.39 is 6.10 Å². The van der Waals surface area contributed by atoms with Crippen molar-refractivity contribution in [2.75, 3.05) is 13.1 Å². The van der Waals surface area contributed by atoms with Gasteiger partial charge in [0.1, 0.15) is 5.82 Å². The lowest BCUT2D eigenvalue weighted by Crippen LogP contribution is -2.53. The van der Waals surface area contributed by atoms with E-state index in [1.165, 1.54) is 18.2 Å². The minimum Gasteiger partial charge on any atom is -0.389 e. The van der Waals surface area contributed by atoms with E-state index in [0.29, 0.717) is 13.1 Å². The smallest absolute Gasteiger partial charge is 0.247 e. The van der Waals surface area contributed by atoms with Crippen molar-refractivity contribution in [3.05, 3.63) is 41.7 Å². The Labute approximate surface area is 99.2 Å². The Balaban J connectivity index is 2.06. The first-order valence-corrected chi connectivity index (χ1v) is 5.47. The van der Waals surface area contributed by atoms with Gasteiger partial charge in [-0.15, -0.1) is 0 Å². The van der Waals surface area contributed by atoms with Gasteiger partial charge in [0, 0.05) is 19.2 Å². The van der Waals surface area contributed by atoms with E-state index in [-0.39, 0.29) is 11.7 Å². The molecule has 1 amide bonds. The van der Waals surface area contributed by atoms with Crippen LogP contribution >= 0.6 is 0 Å². The van der Waals surface area contributed by atoms with Crippen molar-refractivity contribution in [1.29, 1.82) is 0 Å². The summed E-state index contributed by atoms with van der Waals surface area (Å²) in [7, 11) is 0. The molecule has 0 radical (unpaired) electrons. The van der Waals surface area contributed by atoms with Crippen molar-refractivity contribution in [2.24, 2.45) is 0 Å². The molecule has 0 unspecified atom stereocenters. The van der Waals surface area contributed by atoms with Crippen molar-refractivity contribution in [3.8, 4) is 0 Å². The molecule has 17 heavy (non-hydrogen) atoms. The maximum atomic E-state index is 12.7. The van der Waals surface area contributed by atoms with Crippen LogP contribution in [0.1, 0.15) is 12.5 Å². The Bertz CT molecular complexity index is 447. The molecule has 0 saturated carbocycles. The minimum absolute atomic E-state index is 0.114. The lowest BCUT2D eigenvalue weighted by molar-refractivity contribution is -0.135. The molecular formula is C13H14FNO2. The summed E-state index contributed by atoms with van der Waals surface area (Å²) >= 11 is 0. The van der Waals surface area contributed by atoms with Crippen LogP contribution in [0.3, 0.4) is 0 Å². The number of aliphatic hydroxyl groups excluding tert-OH is 1. The largest absolute Gasteiger partial charge is 0.389 e. The lowest BCUT2D eigenvalue weighted by atomic mass is 10.1. The van der Waals surface area contributed by atoms with E-state index in [2.05, 4.69) is 0 Å². The van der Waals surface area contributed by atoms with Gasteiger partial charge in [0.05, 0.1) is 6.10 Å². The average Bonchev–Trinajstić information content (AvgIpc) is 2.25. The first-order valence-electron chi connectivity index (χ1n) is 5.47. The van der Waals surface area contributed by atoms with Gasteiger partial charge in [0.2, 0.25) is 5.91 Å². The normalized spacial score (nSPS) is 16.9. The molecule has 1 saturated heterocycles. The SMILES string of the molecule is C/C(=C/C(=O)N1CC(O)C1)c1ccc(F)cc1. The minimum atomic E-state index is -0.390. The molecule has 1 aliphatic rings. The van der Waals surface area contributed by atoms with Crippen LogP contribution in [0.15, 0.2) is 30.3 Å². The molecule has 1 heterocycles. The Morgan fingerprint density at radius 1 is 1.41 bits per heavy atom. The van der Waals surface area contributed by atoms with Crippen LogP contribution < -0.4 is 0 Å². The Kier molecular flexibility index (Phi) is 3.24. The maximum absolute atomic E-state index is 12.7. The molecule has 0 spiro atoms. The van der Waals surface area contributed by atoms with Crippen LogP contribution in [0.4, 0.5) is 4.39 Å². The molecule has 3 nitrogen and oxygen atoms in total. The summed E-state index contributed by atoms with van der Waals surface area (Å²) < 4.78 is 12.7. The number of nitrogens with zero attached hydrogens (tertiary/aromatic N) is 1. The summed E-state index contributed by atoms with van der Waals surface area (Å²) in [5.74, 6) is -0.407. The molecule has 0 atom stereocenters. The topological polar surface area (TPSA) is 40.5 Å². The number of halogens is 1. The van der Waals surface area contributed by atoms with Crippen LogP contribution in [0.5, 0.6) is 0 Å². The van der Waals surface area contributed by atoms with Gasteiger partial charge in [-0.2, -0.15) is 0 Å². The number of likely N-dealkylation sites (tertiary alicyclic amines) is 1. The van der Waals surface area contributed by atoms with Gasteiger partial charge in [-0.25, -0.2) is 4.39 Å². The molecule has 1 N–H and O–H groups in total. The van der Waals surface area contributed by atoms with Crippen LogP contribution in [0, 0.1) is 5.82 Å². The zero-order valence-corrected chi connectivity index (χ0v) is 9.56. The molecule has 4 heteroatoms. The van der Waals surface area contributed by atoms with Gasteiger partial charge < -0.3 is 10.0 Å². The molecule has 0 aliphatic carbocycles. The first-order chi connectivity index (χ1) is 8.06. The summed E-state index contributed by atoms with van der Waals surface area (Å²) in [6.07, 6.45) is 1.12. The second kappa shape index (κ2) is 4.67. The fourth-order valence-electron chi connectivity index (χ4n) is 1.71. The number of carbonyl (C=O) groups is 1. The number of hydrogen-bond acceptors (Lipinski definition) is 2. The summed E-state index contributed by atoms with van der Waals surface area (Å²) in [6, 6.07) is 6.01. The van der Waals surface area contributed by atoms with Gasteiger partial charge in [0.15, 0.2) is 0 Å². The summed E-state index contributed by atoms with van der Waals surface area (Å²) in [6.45, 7) is 2.60. The number of amides is 1. The fourth-order valence-corrected chi connectivity index (χ4v) is 1.71. The van der Waals surface area contributed by atoms with Crippen LogP contribution in [-0.2, 0) is 4.79 Å². The number of aliphatic hydroxyl groups is 1. The second-order valence-corrected chi connectivity index (χ2v) is 4.23. The van der Waals surface area contributed by atoms with Crippen molar-refractivity contribution in [3.63, 3.8) is 0 Å². The van der Waals surface area contributed by atoms with Gasteiger partial charge in [-0.3, -0.25) is 4.79 Å². The van der Waals surface area contributed by atoms with Crippen molar-refractivity contribution >= 4 is 11.5 Å². The third-order valence-electron chi connectivity index (χ3n) is 2.81. The zero-order chi connectivity index (χ0) is 12.4. The number of allylic oxidation sites excluding steroid dienone is 1. The van der Waals surface area contributed by atoms with Gasteiger partial charge in [-0.1, -0.05) is 12.1 Å². The fraction of sp³-hybridized carbons (Fsp3) is 0.308. The lowest BCUT2D eigenvalue weighted by Gasteiger charge is -2.35. The van der Waals surface area contributed by atoms with Gasteiger partial charge >= 0.3 is 0 Å². The molecule has 0 aromatic heterocycles. The predicted molar refractivity (Wildman–Crippen MR) is 62.6 cm³/mol. The van der Waals surface area contributed by atoms with E-state index >= 15 is 0 Å². The van der Waals surface area contributed by atoms with Gasteiger partial charge in [0.25, 0.3) is 0 Å². The molecule has 0 bridgehead atoms. The molecule has 1 aromatic rings. The number of benzene rings is 1. The third kappa shape index (κ3) is 2.71. The van der Waals surface area contributed by atoms with E-state index in [9.17, 15) is 9.18 Å². The van der Waals surface area contributed by atoms with E-state index in [1.54, 1.807) is 24.0 Å². The number of hydrogen-bond donors (Lipinski definition) is 1. The predicted octanol–water partition coefficient (Wildman–Crippen LogP) is 1.43. The van der Waals surface area contributed by atoms with Crippen molar-refractivity contribution < 1.29 is 14.3 Å². The van der Waals surface area contributed by atoms with Crippen molar-refractivity contribution in [2.45, 2.75) is 13.0 Å². The van der Waals surface area contributed by atoms with E-state index in [1.807, 2.05) is 0 Å². The molecule has 1 fully saturated rings. The number of carbonyl (C=O) groups excluding carboxylic acids is 1. The quantitative estimate of drug-likeness (QED) is 0.788. The van der Waals surface area contributed by atoms with Crippen LogP contribution in [0.25, 0.3) is 5.57 Å².